The molecule has 0 spiro atoms. The minimum atomic E-state index is -1.29. The predicted octanol–water partition coefficient (Wildman–Crippen LogP) is -0.877. The van der Waals surface area contributed by atoms with Gasteiger partial charge in [0.15, 0.2) is 0 Å². The van der Waals surface area contributed by atoms with Gasteiger partial charge in [-0.15, -0.1) is 0 Å². The lowest BCUT2D eigenvalue weighted by molar-refractivity contribution is -0.151. The molecule has 14 heteroatoms. The molecule has 13 nitrogen and oxygen atoms in total. The molecular formula is C23H31N5O8S. The minimum absolute atomic E-state index is 0.0904. The first-order valence-corrected chi connectivity index (χ1v) is 13.2. The standard InChI is InChI=1S/C23H31N5O8S/c1-26-9-3-4-15(26)21(32)25-14-8-11-28(20(14)23(35)36)18(31)6-5-17(30)27-10-7-13(19(27)22(33)34)24-16(29)12-37-2/h3-4,9,13-14,19-20H,5-8,10-12H2,1-2H3,(H,24,29)(H,25,32)(H,33,34)(H,35,36)/t13-,14-,19-,20-/m0/s1. The zero-order valence-electron chi connectivity index (χ0n) is 20.6. The van der Waals surface area contributed by atoms with Gasteiger partial charge in [-0.3, -0.25) is 19.2 Å². The third kappa shape index (κ3) is 6.42. The summed E-state index contributed by atoms with van der Waals surface area (Å²) in [6.45, 7) is 0.204. The Morgan fingerprint density at radius 1 is 0.919 bits per heavy atom. The Hall–Kier alpha value is -3.55. The fraction of sp³-hybridized carbons (Fsp3) is 0.565. The molecule has 2 fully saturated rings. The smallest absolute Gasteiger partial charge is 0.328 e. The van der Waals surface area contributed by atoms with E-state index in [9.17, 15) is 39.0 Å². The molecule has 4 N–H and O–H groups in total. The monoisotopic (exact) mass is 537 g/mol. The highest BCUT2D eigenvalue weighted by Crippen LogP contribution is 2.23. The van der Waals surface area contributed by atoms with Crippen LogP contribution in [-0.2, 0) is 31.0 Å². The molecule has 3 rings (SSSR count). The molecule has 2 saturated heterocycles. The molecule has 2 aliphatic rings. The summed E-state index contributed by atoms with van der Waals surface area (Å²) in [7, 11) is 1.68. The number of thioether (sulfide) groups is 1. The molecule has 0 radical (unpaired) electrons. The number of hydrogen-bond acceptors (Lipinski definition) is 7. The molecule has 202 valence electrons. The van der Waals surface area contributed by atoms with E-state index in [1.165, 1.54) is 11.8 Å². The molecule has 2 aliphatic heterocycles. The lowest BCUT2D eigenvalue weighted by Crippen LogP contribution is -2.52. The number of likely N-dealkylation sites (tertiary alicyclic amines) is 2. The van der Waals surface area contributed by atoms with Crippen molar-refractivity contribution in [3.63, 3.8) is 0 Å². The Balaban J connectivity index is 1.59. The Bertz CT molecular complexity index is 1080. The van der Waals surface area contributed by atoms with E-state index in [4.69, 9.17) is 0 Å². The maximum absolute atomic E-state index is 12.9. The van der Waals surface area contributed by atoms with E-state index in [1.807, 2.05) is 0 Å². The van der Waals surface area contributed by atoms with E-state index in [-0.39, 0.29) is 50.4 Å². The zero-order chi connectivity index (χ0) is 27.3. The molecule has 1 aromatic heterocycles. The number of aromatic nitrogens is 1. The van der Waals surface area contributed by atoms with Crippen LogP contribution in [0.15, 0.2) is 18.3 Å². The molecular weight excluding hydrogens is 506 g/mol. The van der Waals surface area contributed by atoms with Crippen molar-refractivity contribution in [2.24, 2.45) is 7.05 Å². The highest BCUT2D eigenvalue weighted by molar-refractivity contribution is 7.99. The molecule has 0 aliphatic carbocycles. The highest BCUT2D eigenvalue weighted by atomic mass is 32.2. The summed E-state index contributed by atoms with van der Waals surface area (Å²) >= 11 is 1.29. The van der Waals surface area contributed by atoms with Gasteiger partial charge in [-0.05, 0) is 31.2 Å². The van der Waals surface area contributed by atoms with Crippen LogP contribution >= 0.6 is 11.8 Å². The minimum Gasteiger partial charge on any atom is -0.480 e. The Morgan fingerprint density at radius 2 is 1.43 bits per heavy atom. The molecule has 4 atom stereocenters. The lowest BCUT2D eigenvalue weighted by Gasteiger charge is -2.27. The van der Waals surface area contributed by atoms with Crippen molar-refractivity contribution in [1.29, 1.82) is 0 Å². The third-order valence-corrected chi connectivity index (χ3v) is 7.16. The Labute approximate surface area is 217 Å². The van der Waals surface area contributed by atoms with Crippen LogP contribution < -0.4 is 10.6 Å². The maximum atomic E-state index is 12.9. The van der Waals surface area contributed by atoms with E-state index in [0.717, 1.165) is 9.80 Å². The maximum Gasteiger partial charge on any atom is 0.328 e. The van der Waals surface area contributed by atoms with Crippen molar-refractivity contribution in [3.8, 4) is 0 Å². The number of nitrogens with zero attached hydrogens (tertiary/aromatic N) is 3. The number of carbonyl (C=O) groups excluding carboxylic acids is 4. The summed E-state index contributed by atoms with van der Waals surface area (Å²) in [5.74, 6) is -4.29. The van der Waals surface area contributed by atoms with Crippen molar-refractivity contribution in [2.45, 2.75) is 49.9 Å². The molecule has 0 bridgehead atoms. The molecule has 37 heavy (non-hydrogen) atoms. The summed E-state index contributed by atoms with van der Waals surface area (Å²) in [5.41, 5.74) is 0.348. The normalized spacial score (nSPS) is 23.1. The summed E-state index contributed by atoms with van der Waals surface area (Å²) in [6.07, 6.45) is 3.31. The van der Waals surface area contributed by atoms with Gasteiger partial charge in [0, 0.05) is 39.2 Å². The second kappa shape index (κ2) is 12.1. The predicted molar refractivity (Wildman–Crippen MR) is 132 cm³/mol. The number of carbonyl (C=O) groups is 6. The number of nitrogens with one attached hydrogen (secondary N) is 2. The summed E-state index contributed by atoms with van der Waals surface area (Å²) in [6, 6.07) is -0.803. The van der Waals surface area contributed by atoms with Gasteiger partial charge in [0.1, 0.15) is 17.8 Å². The quantitative estimate of drug-likeness (QED) is 0.295. The second-order valence-electron chi connectivity index (χ2n) is 9.01. The van der Waals surface area contributed by atoms with Crippen LogP contribution in [0.5, 0.6) is 0 Å². The topological polar surface area (TPSA) is 178 Å². The van der Waals surface area contributed by atoms with Crippen LogP contribution in [0.3, 0.4) is 0 Å². The molecule has 0 saturated carbocycles. The largest absolute Gasteiger partial charge is 0.480 e. The van der Waals surface area contributed by atoms with Gasteiger partial charge in [0.25, 0.3) is 5.91 Å². The van der Waals surface area contributed by atoms with Crippen LogP contribution in [0.25, 0.3) is 0 Å². The molecule has 1 aromatic rings. The van der Waals surface area contributed by atoms with Crippen molar-refractivity contribution < 1.29 is 39.0 Å². The SMILES string of the molecule is CSCC(=O)N[C@H]1CCN(C(=O)CCC(=O)N2CC[C@H](NC(=O)c3cccn3C)[C@H]2C(=O)O)[C@@H]1C(=O)O. The fourth-order valence-electron chi connectivity index (χ4n) is 4.88. The Morgan fingerprint density at radius 3 is 1.86 bits per heavy atom. The molecule has 4 amide bonds. The van der Waals surface area contributed by atoms with Crippen LogP contribution in [0.2, 0.25) is 0 Å². The number of carboxylic acids is 2. The summed E-state index contributed by atoms with van der Waals surface area (Å²) in [4.78, 5) is 76.3. The van der Waals surface area contributed by atoms with Gasteiger partial charge in [-0.25, -0.2) is 9.59 Å². The van der Waals surface area contributed by atoms with Crippen LogP contribution in [0, 0.1) is 0 Å². The summed E-state index contributed by atoms with van der Waals surface area (Å²) in [5, 5.41) is 24.7. The molecule has 0 aromatic carbocycles. The van der Waals surface area contributed by atoms with E-state index in [2.05, 4.69) is 10.6 Å². The van der Waals surface area contributed by atoms with Gasteiger partial charge in [0.05, 0.1) is 17.8 Å². The van der Waals surface area contributed by atoms with Crippen molar-refractivity contribution in [1.82, 2.24) is 25.0 Å². The highest BCUT2D eigenvalue weighted by Gasteiger charge is 2.44. The number of hydrogen-bond donors (Lipinski definition) is 4. The van der Waals surface area contributed by atoms with Gasteiger partial charge in [-0.2, -0.15) is 11.8 Å². The number of aliphatic carboxylic acids is 2. The van der Waals surface area contributed by atoms with E-state index >= 15 is 0 Å². The van der Waals surface area contributed by atoms with E-state index < -0.39 is 53.8 Å². The fourth-order valence-corrected chi connectivity index (χ4v) is 5.22. The van der Waals surface area contributed by atoms with E-state index in [0.29, 0.717) is 5.69 Å². The van der Waals surface area contributed by atoms with Crippen molar-refractivity contribution >= 4 is 47.3 Å². The Kier molecular flexibility index (Phi) is 9.18. The van der Waals surface area contributed by atoms with Crippen LogP contribution in [0.1, 0.15) is 36.2 Å². The molecule has 3 heterocycles. The van der Waals surface area contributed by atoms with Crippen molar-refractivity contribution in [2.75, 3.05) is 25.1 Å². The second-order valence-corrected chi connectivity index (χ2v) is 9.88. The van der Waals surface area contributed by atoms with Gasteiger partial charge in [0.2, 0.25) is 17.7 Å². The van der Waals surface area contributed by atoms with Gasteiger partial charge >= 0.3 is 11.9 Å². The first-order valence-electron chi connectivity index (χ1n) is 11.8. The van der Waals surface area contributed by atoms with Crippen LogP contribution in [0.4, 0.5) is 0 Å². The number of carboxylic acid groups (broad SMARTS) is 2. The van der Waals surface area contributed by atoms with Crippen molar-refractivity contribution in [3.05, 3.63) is 24.0 Å². The zero-order valence-corrected chi connectivity index (χ0v) is 21.4. The first-order chi connectivity index (χ1) is 17.5. The number of aryl methyl sites for hydroxylation is 1. The average molecular weight is 538 g/mol. The van der Waals surface area contributed by atoms with Gasteiger partial charge in [-0.1, -0.05) is 0 Å². The third-order valence-electron chi connectivity index (χ3n) is 6.61. The average Bonchev–Trinajstić information content (AvgIpc) is 3.55. The lowest BCUT2D eigenvalue weighted by atomic mass is 10.1. The number of amides is 4. The number of rotatable bonds is 10. The van der Waals surface area contributed by atoms with Gasteiger partial charge < -0.3 is 35.2 Å². The van der Waals surface area contributed by atoms with Crippen LogP contribution in [-0.4, -0.2) is 109 Å². The summed E-state index contributed by atoms with van der Waals surface area (Å²) < 4.78 is 1.59. The van der Waals surface area contributed by atoms with E-state index in [1.54, 1.807) is 36.2 Å². The molecule has 0 unspecified atom stereocenters. The first kappa shape index (κ1) is 28.0.